The van der Waals surface area contributed by atoms with Crippen LogP contribution in [0.3, 0.4) is 0 Å². The summed E-state index contributed by atoms with van der Waals surface area (Å²) in [6, 6.07) is 0. The Morgan fingerprint density at radius 2 is 0.977 bits per heavy atom. The van der Waals surface area contributed by atoms with Gasteiger partial charge in [-0.3, -0.25) is 0 Å². The lowest BCUT2D eigenvalue weighted by atomic mass is 9.65. The minimum Gasteiger partial charge on any atom is -0.450 e. The van der Waals surface area contributed by atoms with Crippen molar-refractivity contribution in [2.75, 3.05) is 0 Å². The molecule has 0 radical (unpaired) electrons. The largest absolute Gasteiger partial charge is 0.450 e. The molecule has 0 aliphatic heterocycles. The van der Waals surface area contributed by atoms with Crippen molar-refractivity contribution in [1.82, 2.24) is 0 Å². The lowest BCUT2D eigenvalue weighted by Crippen LogP contribution is -2.51. The Labute approximate surface area is 261 Å². The van der Waals surface area contributed by atoms with Crippen LogP contribution in [0.2, 0.25) is 0 Å². The van der Waals surface area contributed by atoms with E-state index in [1.807, 2.05) is 0 Å². The summed E-state index contributed by atoms with van der Waals surface area (Å²) in [7, 11) is 0. The average Bonchev–Trinajstić information content (AvgIpc) is 3.54. The van der Waals surface area contributed by atoms with Crippen molar-refractivity contribution in [3.8, 4) is 0 Å². The van der Waals surface area contributed by atoms with Gasteiger partial charge in [0, 0.05) is 23.7 Å². The predicted molar refractivity (Wildman–Crippen MR) is 176 cm³/mol. The van der Waals surface area contributed by atoms with Gasteiger partial charge in [-0.25, -0.2) is 9.59 Å². The van der Waals surface area contributed by atoms with Crippen molar-refractivity contribution in [3.05, 3.63) is 70.9 Å². The Morgan fingerprint density at radius 1 is 0.628 bits per heavy atom. The standard InChI is InChI=1S/C39H56O4/c1-22(2)30-15-13-19-38(26(9)10,34(30)24(5)6)42-36(40)32-28-17-18-29(21-28)33(32)37(41)43-39(27(11)12)20-14-16-31(23(3)4)35(39)25(7)8/h13-20,22-29,34-35H,21H2,1-12H3. The second kappa shape index (κ2) is 12.4. The first-order valence-electron chi connectivity index (χ1n) is 16.8. The van der Waals surface area contributed by atoms with Crippen LogP contribution in [0.5, 0.6) is 0 Å². The molecule has 0 fully saturated rings. The van der Waals surface area contributed by atoms with Crippen molar-refractivity contribution in [2.24, 2.45) is 59.2 Å². The third-order valence-electron chi connectivity index (χ3n) is 10.5. The number of esters is 2. The van der Waals surface area contributed by atoms with Crippen LogP contribution in [0.4, 0.5) is 0 Å². The lowest BCUT2D eigenvalue weighted by molar-refractivity contribution is -0.165. The zero-order valence-electron chi connectivity index (χ0n) is 28.7. The maximum atomic E-state index is 14.4. The molecular weight excluding hydrogens is 532 g/mol. The second-order valence-corrected chi connectivity index (χ2v) is 15.3. The summed E-state index contributed by atoms with van der Waals surface area (Å²) in [4.78, 5) is 28.8. The van der Waals surface area contributed by atoms with E-state index in [1.165, 1.54) is 11.1 Å². The molecule has 4 aliphatic carbocycles. The van der Waals surface area contributed by atoms with Crippen molar-refractivity contribution < 1.29 is 19.1 Å². The molecule has 4 aliphatic rings. The Balaban J connectivity index is 1.75. The van der Waals surface area contributed by atoms with E-state index in [-0.39, 0.29) is 59.3 Å². The summed E-state index contributed by atoms with van der Waals surface area (Å²) in [5.41, 5.74) is 2.01. The summed E-state index contributed by atoms with van der Waals surface area (Å²) in [5, 5.41) is 0. The number of fused-ring (bicyclic) bond motifs is 2. The van der Waals surface area contributed by atoms with E-state index in [0.717, 1.165) is 6.42 Å². The first-order chi connectivity index (χ1) is 20.1. The molecule has 0 N–H and O–H groups in total. The fourth-order valence-corrected chi connectivity index (χ4v) is 8.48. The van der Waals surface area contributed by atoms with E-state index < -0.39 is 11.2 Å². The highest BCUT2D eigenvalue weighted by Crippen LogP contribution is 2.51. The molecular formula is C39H56O4. The fourth-order valence-electron chi connectivity index (χ4n) is 8.48. The quantitative estimate of drug-likeness (QED) is 0.189. The predicted octanol–water partition coefficient (Wildman–Crippen LogP) is 9.21. The number of allylic oxidation sites excluding steroid dienone is 6. The van der Waals surface area contributed by atoms with Gasteiger partial charge in [-0.05, 0) is 54.1 Å². The van der Waals surface area contributed by atoms with Crippen molar-refractivity contribution >= 4 is 11.9 Å². The summed E-state index contributed by atoms with van der Waals surface area (Å²) in [6.45, 7) is 26.2. The highest BCUT2D eigenvalue weighted by molar-refractivity contribution is 6.03. The highest BCUT2D eigenvalue weighted by atomic mass is 16.6. The molecule has 4 heteroatoms. The number of carbonyl (C=O) groups is 2. The minimum atomic E-state index is -0.794. The van der Waals surface area contributed by atoms with Gasteiger partial charge in [-0.2, -0.15) is 0 Å². The van der Waals surface area contributed by atoms with Gasteiger partial charge in [0.2, 0.25) is 0 Å². The normalized spacial score (nSPS) is 31.8. The Bertz CT molecular complexity index is 1180. The Hall–Kier alpha value is -2.62. The molecule has 4 nitrogen and oxygen atoms in total. The van der Waals surface area contributed by atoms with Crippen LogP contribution in [0.15, 0.2) is 70.9 Å². The molecule has 0 aromatic heterocycles. The van der Waals surface area contributed by atoms with Crippen LogP contribution >= 0.6 is 0 Å². The molecule has 0 saturated carbocycles. The Morgan fingerprint density at radius 3 is 1.26 bits per heavy atom. The van der Waals surface area contributed by atoms with Crippen molar-refractivity contribution in [2.45, 2.75) is 101 Å². The van der Waals surface area contributed by atoms with Crippen LogP contribution in [-0.2, 0) is 19.1 Å². The molecule has 6 unspecified atom stereocenters. The molecule has 0 spiro atoms. The van der Waals surface area contributed by atoms with E-state index in [2.05, 4.69) is 132 Å². The fraction of sp³-hybridized carbons (Fsp3) is 0.641. The van der Waals surface area contributed by atoms with Crippen molar-refractivity contribution in [3.63, 3.8) is 0 Å². The summed E-state index contributed by atoms with van der Waals surface area (Å²) < 4.78 is 13.4. The molecule has 0 amide bonds. The van der Waals surface area contributed by atoms with Crippen LogP contribution in [-0.4, -0.2) is 23.1 Å². The zero-order valence-corrected chi connectivity index (χ0v) is 28.7. The maximum Gasteiger partial charge on any atom is 0.336 e. The molecule has 236 valence electrons. The van der Waals surface area contributed by atoms with Crippen LogP contribution in [0, 0.1) is 59.2 Å². The molecule has 6 atom stereocenters. The monoisotopic (exact) mass is 588 g/mol. The topological polar surface area (TPSA) is 52.6 Å². The summed E-state index contributed by atoms with van der Waals surface area (Å²) >= 11 is 0. The number of carbonyl (C=O) groups excluding carboxylic acids is 2. The highest BCUT2D eigenvalue weighted by Gasteiger charge is 2.53. The van der Waals surface area contributed by atoms with E-state index in [4.69, 9.17) is 9.47 Å². The molecule has 0 aromatic carbocycles. The first kappa shape index (κ1) is 33.3. The maximum absolute atomic E-state index is 14.4. The molecule has 4 rings (SSSR count). The number of hydrogen-bond donors (Lipinski definition) is 0. The van der Waals surface area contributed by atoms with E-state index in [1.54, 1.807) is 0 Å². The van der Waals surface area contributed by atoms with E-state index in [0.29, 0.717) is 23.0 Å². The molecule has 0 heterocycles. The lowest BCUT2D eigenvalue weighted by Gasteiger charge is -2.47. The van der Waals surface area contributed by atoms with Gasteiger partial charge in [0.05, 0.1) is 11.1 Å². The Kier molecular flexibility index (Phi) is 9.60. The van der Waals surface area contributed by atoms with Gasteiger partial charge in [0.25, 0.3) is 0 Å². The molecule has 0 aromatic rings. The smallest absolute Gasteiger partial charge is 0.336 e. The third kappa shape index (κ3) is 5.69. The van der Waals surface area contributed by atoms with Gasteiger partial charge >= 0.3 is 11.9 Å². The third-order valence-corrected chi connectivity index (χ3v) is 10.5. The SMILES string of the molecule is CC(C)C1=CC=CC(OC(=O)C2=C(C(=O)OC3(C(C)C)C=CC=C(C(C)C)C3C(C)C)C3C=CC2C3)(C(C)C)C1C(C)C. The van der Waals surface area contributed by atoms with Gasteiger partial charge < -0.3 is 9.47 Å². The summed E-state index contributed by atoms with van der Waals surface area (Å²) in [5.74, 6) is 0.411. The summed E-state index contributed by atoms with van der Waals surface area (Å²) in [6.07, 6.45) is 17.5. The molecule has 0 saturated heterocycles. The minimum absolute atomic E-state index is 0.0520. The van der Waals surface area contributed by atoms with Gasteiger partial charge in [0.1, 0.15) is 11.2 Å². The van der Waals surface area contributed by atoms with E-state index >= 15 is 0 Å². The second-order valence-electron chi connectivity index (χ2n) is 15.3. The van der Waals surface area contributed by atoms with Crippen molar-refractivity contribution in [1.29, 1.82) is 0 Å². The zero-order chi connectivity index (χ0) is 32.0. The number of rotatable bonds is 10. The van der Waals surface area contributed by atoms with Gasteiger partial charge in [0.15, 0.2) is 0 Å². The average molecular weight is 589 g/mol. The molecule has 2 bridgehead atoms. The van der Waals surface area contributed by atoms with Gasteiger partial charge in [-0.15, -0.1) is 0 Å². The molecule has 43 heavy (non-hydrogen) atoms. The van der Waals surface area contributed by atoms with Crippen LogP contribution in [0.25, 0.3) is 0 Å². The van der Waals surface area contributed by atoms with E-state index in [9.17, 15) is 9.59 Å². The number of hydrogen-bond acceptors (Lipinski definition) is 4. The van der Waals surface area contributed by atoms with Crippen LogP contribution in [0.1, 0.15) is 89.5 Å². The number of ether oxygens (including phenoxy) is 2. The van der Waals surface area contributed by atoms with Gasteiger partial charge in [-0.1, -0.05) is 131 Å². The van der Waals surface area contributed by atoms with Crippen LogP contribution < -0.4 is 0 Å². The first-order valence-corrected chi connectivity index (χ1v) is 16.8.